The van der Waals surface area contributed by atoms with E-state index in [9.17, 15) is 8.42 Å². The van der Waals surface area contributed by atoms with Crippen LogP contribution in [0.5, 0.6) is 5.75 Å². The number of hydrogen-bond donors (Lipinski definition) is 1. The van der Waals surface area contributed by atoms with E-state index >= 15 is 0 Å². The molecule has 0 atom stereocenters. The number of aromatic amines is 1. The SMILES string of the molecule is CCS(=O)(=O)c1cccc(-c2nc3[nH]c4c(OC)cccc4c3cc2C)c1. The van der Waals surface area contributed by atoms with Crippen LogP contribution in [0.2, 0.25) is 0 Å². The van der Waals surface area contributed by atoms with Crippen LogP contribution in [0.15, 0.2) is 53.4 Å². The molecule has 2 heterocycles. The molecule has 2 aromatic carbocycles. The molecular weight excluding hydrogens is 360 g/mol. The molecule has 6 heteroatoms. The van der Waals surface area contributed by atoms with Crippen molar-refractivity contribution < 1.29 is 13.2 Å². The van der Waals surface area contributed by atoms with Crippen molar-refractivity contribution in [2.45, 2.75) is 18.7 Å². The van der Waals surface area contributed by atoms with Crippen molar-refractivity contribution in [3.63, 3.8) is 0 Å². The Balaban J connectivity index is 1.95. The highest BCUT2D eigenvalue weighted by molar-refractivity contribution is 7.91. The zero-order valence-corrected chi connectivity index (χ0v) is 16.2. The third-order valence-electron chi connectivity index (χ3n) is 4.84. The van der Waals surface area contributed by atoms with Crippen molar-refractivity contribution in [2.75, 3.05) is 12.9 Å². The van der Waals surface area contributed by atoms with Crippen molar-refractivity contribution in [2.24, 2.45) is 0 Å². The maximum atomic E-state index is 12.2. The molecule has 0 aliphatic heterocycles. The Kier molecular flexibility index (Phi) is 4.15. The van der Waals surface area contributed by atoms with Crippen LogP contribution in [0.3, 0.4) is 0 Å². The number of ether oxygens (including phenoxy) is 1. The molecule has 1 N–H and O–H groups in total. The smallest absolute Gasteiger partial charge is 0.178 e. The van der Waals surface area contributed by atoms with Crippen molar-refractivity contribution in [1.82, 2.24) is 9.97 Å². The van der Waals surface area contributed by atoms with Gasteiger partial charge in [-0.1, -0.05) is 31.2 Å². The van der Waals surface area contributed by atoms with E-state index in [-0.39, 0.29) is 5.75 Å². The number of aromatic nitrogens is 2. The van der Waals surface area contributed by atoms with Crippen molar-refractivity contribution in [1.29, 1.82) is 0 Å². The summed E-state index contributed by atoms with van der Waals surface area (Å²) in [4.78, 5) is 8.46. The second kappa shape index (κ2) is 6.39. The maximum Gasteiger partial charge on any atom is 0.178 e. The Morgan fingerprint density at radius 1 is 1.07 bits per heavy atom. The second-order valence-corrected chi connectivity index (χ2v) is 8.77. The van der Waals surface area contributed by atoms with Gasteiger partial charge < -0.3 is 9.72 Å². The van der Waals surface area contributed by atoms with E-state index in [1.54, 1.807) is 32.2 Å². The number of methoxy groups -OCH3 is 1. The molecular formula is C21H20N2O3S. The summed E-state index contributed by atoms with van der Waals surface area (Å²) < 4.78 is 29.9. The highest BCUT2D eigenvalue weighted by Gasteiger charge is 2.16. The van der Waals surface area contributed by atoms with Gasteiger partial charge in [-0.3, -0.25) is 0 Å². The lowest BCUT2D eigenvalue weighted by molar-refractivity contribution is 0.419. The largest absolute Gasteiger partial charge is 0.495 e. The first-order valence-corrected chi connectivity index (χ1v) is 10.4. The number of nitrogens with zero attached hydrogens (tertiary/aromatic N) is 1. The molecule has 0 aliphatic carbocycles. The Morgan fingerprint density at radius 3 is 2.59 bits per heavy atom. The summed E-state index contributed by atoms with van der Waals surface area (Å²) in [6.45, 7) is 3.64. The Hall–Kier alpha value is -2.86. The predicted molar refractivity (Wildman–Crippen MR) is 108 cm³/mol. The number of rotatable bonds is 4. The van der Waals surface area contributed by atoms with Crippen molar-refractivity contribution >= 4 is 31.8 Å². The molecule has 0 aliphatic rings. The number of pyridine rings is 1. The van der Waals surface area contributed by atoms with Crippen LogP contribution in [0.4, 0.5) is 0 Å². The van der Waals surface area contributed by atoms with Gasteiger partial charge in [0.05, 0.1) is 29.0 Å². The van der Waals surface area contributed by atoms with Gasteiger partial charge >= 0.3 is 0 Å². The highest BCUT2D eigenvalue weighted by atomic mass is 32.2. The molecule has 0 radical (unpaired) electrons. The number of para-hydroxylation sites is 1. The number of H-pyrrole nitrogens is 1. The summed E-state index contributed by atoms with van der Waals surface area (Å²) in [6.07, 6.45) is 0. The fraction of sp³-hybridized carbons (Fsp3) is 0.190. The van der Waals surface area contributed by atoms with E-state index in [1.165, 1.54) is 0 Å². The minimum absolute atomic E-state index is 0.0731. The van der Waals surface area contributed by atoms with Gasteiger partial charge in [0.2, 0.25) is 0 Å². The number of aryl methyl sites for hydroxylation is 1. The Labute approximate surface area is 157 Å². The summed E-state index contributed by atoms with van der Waals surface area (Å²) in [6, 6.07) is 15.0. The molecule has 4 rings (SSSR count). The maximum absolute atomic E-state index is 12.2. The van der Waals surface area contributed by atoms with Crippen LogP contribution < -0.4 is 4.74 Å². The number of hydrogen-bond acceptors (Lipinski definition) is 4. The number of nitrogens with one attached hydrogen (secondary N) is 1. The average Bonchev–Trinajstić information content (AvgIpc) is 3.05. The van der Waals surface area contributed by atoms with E-state index in [2.05, 4.69) is 11.1 Å². The molecule has 5 nitrogen and oxygen atoms in total. The highest BCUT2D eigenvalue weighted by Crippen LogP contribution is 2.34. The summed E-state index contributed by atoms with van der Waals surface area (Å²) >= 11 is 0. The molecule has 27 heavy (non-hydrogen) atoms. The first-order valence-electron chi connectivity index (χ1n) is 8.74. The molecule has 0 fully saturated rings. The summed E-state index contributed by atoms with van der Waals surface area (Å²) in [5.74, 6) is 0.838. The standard InChI is InChI=1S/C21H20N2O3S/c1-4-27(24,25)15-8-5-7-14(12-15)19-13(2)11-17-16-9-6-10-18(26-3)20(16)23-21(17)22-19/h5-12H,4H2,1-3H3,(H,22,23). The van der Waals surface area contributed by atoms with Crippen LogP contribution in [0.1, 0.15) is 12.5 Å². The molecule has 0 saturated carbocycles. The van der Waals surface area contributed by atoms with Crippen molar-refractivity contribution in [3.8, 4) is 17.0 Å². The van der Waals surface area contributed by atoms with Gasteiger partial charge in [-0.25, -0.2) is 13.4 Å². The Bertz CT molecular complexity index is 1270. The quantitative estimate of drug-likeness (QED) is 0.566. The van der Waals surface area contributed by atoms with Gasteiger partial charge in [0.15, 0.2) is 9.84 Å². The first kappa shape index (κ1) is 17.5. The van der Waals surface area contributed by atoms with Crippen LogP contribution in [-0.4, -0.2) is 31.2 Å². The molecule has 0 bridgehead atoms. The molecule has 0 unspecified atom stereocenters. The molecule has 2 aromatic heterocycles. The predicted octanol–water partition coefficient (Wildman–Crippen LogP) is 4.49. The zero-order chi connectivity index (χ0) is 19.2. The number of fused-ring (bicyclic) bond motifs is 3. The van der Waals surface area contributed by atoms with Gasteiger partial charge in [0, 0.05) is 16.3 Å². The lowest BCUT2D eigenvalue weighted by Gasteiger charge is -2.08. The van der Waals surface area contributed by atoms with Crippen LogP contribution in [0.25, 0.3) is 33.2 Å². The fourth-order valence-corrected chi connectivity index (χ4v) is 4.31. The van der Waals surface area contributed by atoms with Crippen LogP contribution in [-0.2, 0) is 9.84 Å². The minimum Gasteiger partial charge on any atom is -0.495 e. The molecule has 4 aromatic rings. The van der Waals surface area contributed by atoms with Gasteiger partial charge in [-0.2, -0.15) is 0 Å². The van der Waals surface area contributed by atoms with Gasteiger partial charge in [0.25, 0.3) is 0 Å². The monoisotopic (exact) mass is 380 g/mol. The summed E-state index contributed by atoms with van der Waals surface area (Å²) in [7, 11) is -1.62. The second-order valence-electron chi connectivity index (χ2n) is 6.49. The summed E-state index contributed by atoms with van der Waals surface area (Å²) in [5, 5.41) is 2.07. The third-order valence-corrected chi connectivity index (χ3v) is 6.57. The molecule has 138 valence electrons. The molecule has 0 saturated heterocycles. The zero-order valence-electron chi connectivity index (χ0n) is 15.4. The topological polar surface area (TPSA) is 72.0 Å². The number of sulfone groups is 1. The van der Waals surface area contributed by atoms with Crippen LogP contribution in [0, 0.1) is 6.92 Å². The number of benzene rings is 2. The summed E-state index contributed by atoms with van der Waals surface area (Å²) in [5.41, 5.74) is 4.19. The van der Waals surface area contributed by atoms with Crippen molar-refractivity contribution in [3.05, 3.63) is 54.1 Å². The third kappa shape index (κ3) is 2.86. The van der Waals surface area contributed by atoms with Gasteiger partial charge in [-0.05, 0) is 36.8 Å². The van der Waals surface area contributed by atoms with E-state index < -0.39 is 9.84 Å². The van der Waals surface area contributed by atoms with Crippen LogP contribution >= 0.6 is 0 Å². The average molecular weight is 380 g/mol. The first-order chi connectivity index (χ1) is 12.9. The van der Waals surface area contributed by atoms with E-state index in [1.807, 2.05) is 31.2 Å². The fourth-order valence-electron chi connectivity index (χ4n) is 3.38. The van der Waals surface area contributed by atoms with E-state index in [4.69, 9.17) is 9.72 Å². The normalized spacial score (nSPS) is 12.0. The lowest BCUT2D eigenvalue weighted by Crippen LogP contribution is -2.03. The van der Waals surface area contributed by atoms with Gasteiger partial charge in [0.1, 0.15) is 11.4 Å². The molecule has 0 spiro atoms. The molecule has 0 amide bonds. The van der Waals surface area contributed by atoms with E-state index in [0.29, 0.717) is 4.90 Å². The minimum atomic E-state index is -3.27. The Morgan fingerprint density at radius 2 is 1.85 bits per heavy atom. The van der Waals surface area contributed by atoms with E-state index in [0.717, 1.165) is 44.5 Å². The van der Waals surface area contributed by atoms with Gasteiger partial charge in [-0.15, -0.1) is 0 Å². The lowest BCUT2D eigenvalue weighted by atomic mass is 10.0.